The van der Waals surface area contributed by atoms with Crippen molar-refractivity contribution < 1.29 is 37.7 Å². The van der Waals surface area contributed by atoms with Gasteiger partial charge in [-0.3, -0.25) is 4.79 Å². The van der Waals surface area contributed by atoms with Crippen molar-refractivity contribution in [1.82, 2.24) is 9.97 Å². The molecule has 146 valence electrons. The van der Waals surface area contributed by atoms with E-state index in [0.29, 0.717) is 31.3 Å². The summed E-state index contributed by atoms with van der Waals surface area (Å²) in [5.74, 6) is -2.65. The maximum atomic E-state index is 10.9. The summed E-state index contributed by atoms with van der Waals surface area (Å²) in [6, 6.07) is 0.123. The molecule has 0 aromatic carbocycles. The molecule has 8 nitrogen and oxygen atoms in total. The Morgan fingerprint density at radius 3 is 2.42 bits per heavy atom. The second kappa shape index (κ2) is 9.20. The van der Waals surface area contributed by atoms with Crippen LogP contribution in [0.15, 0.2) is 6.20 Å². The molecular formula is C15H20F3N3O5. The molecule has 11 heteroatoms. The zero-order chi connectivity index (χ0) is 19.9. The lowest BCUT2D eigenvalue weighted by atomic mass is 10.1. The van der Waals surface area contributed by atoms with Gasteiger partial charge in [-0.15, -0.1) is 0 Å². The van der Waals surface area contributed by atoms with E-state index < -0.39 is 18.1 Å². The van der Waals surface area contributed by atoms with Crippen LogP contribution in [-0.4, -0.2) is 50.9 Å². The molecule has 1 aliphatic carbocycles. The van der Waals surface area contributed by atoms with Gasteiger partial charge in [0.2, 0.25) is 11.8 Å². The molecule has 1 aromatic rings. The fourth-order valence-corrected chi connectivity index (χ4v) is 2.30. The first-order valence-corrected chi connectivity index (χ1v) is 7.80. The Hall–Kier alpha value is -2.59. The number of ether oxygens (including phenoxy) is 1. The number of aryl methyl sites for hydroxylation is 1. The molecule has 0 bridgehead atoms. The molecule has 0 aliphatic heterocycles. The summed E-state index contributed by atoms with van der Waals surface area (Å²) in [5, 5.41) is 19.3. The number of carboxylic acid groups (broad SMARTS) is 2. The third kappa shape index (κ3) is 6.73. The molecule has 0 radical (unpaired) electrons. The van der Waals surface area contributed by atoms with Crippen molar-refractivity contribution in [2.24, 2.45) is 5.92 Å². The Morgan fingerprint density at radius 1 is 1.35 bits per heavy atom. The third-order valence-electron chi connectivity index (χ3n) is 3.56. The zero-order valence-electron chi connectivity index (χ0n) is 14.2. The van der Waals surface area contributed by atoms with Gasteiger partial charge in [0, 0.05) is 17.8 Å². The molecule has 0 amide bonds. The number of carboxylic acids is 2. The van der Waals surface area contributed by atoms with Crippen molar-refractivity contribution in [2.75, 3.05) is 11.9 Å². The number of aromatic nitrogens is 2. The lowest BCUT2D eigenvalue weighted by Gasteiger charge is -2.13. The monoisotopic (exact) mass is 379 g/mol. The number of alkyl halides is 3. The summed E-state index contributed by atoms with van der Waals surface area (Å²) in [6.07, 6.45) is -1.21. The van der Waals surface area contributed by atoms with Gasteiger partial charge in [0.1, 0.15) is 0 Å². The Bertz CT molecular complexity index is 639. The van der Waals surface area contributed by atoms with Gasteiger partial charge in [-0.05, 0) is 33.1 Å². The average Bonchev–Trinajstić information content (AvgIpc) is 2.99. The van der Waals surface area contributed by atoms with E-state index in [2.05, 4.69) is 15.3 Å². The minimum Gasteiger partial charge on any atom is -0.481 e. The van der Waals surface area contributed by atoms with E-state index >= 15 is 0 Å². The largest absolute Gasteiger partial charge is 0.490 e. The van der Waals surface area contributed by atoms with Crippen LogP contribution < -0.4 is 10.1 Å². The summed E-state index contributed by atoms with van der Waals surface area (Å²) in [7, 11) is 0. The fourth-order valence-electron chi connectivity index (χ4n) is 2.30. The summed E-state index contributed by atoms with van der Waals surface area (Å²) < 4.78 is 37.2. The second-order valence-electron chi connectivity index (χ2n) is 5.61. The Labute approximate surface area is 147 Å². The Kier molecular flexibility index (Phi) is 7.59. The average molecular weight is 379 g/mol. The highest BCUT2D eigenvalue weighted by Gasteiger charge is 2.38. The number of anilines is 1. The molecule has 3 N–H and O–H groups in total. The molecule has 1 heterocycles. The van der Waals surface area contributed by atoms with E-state index in [1.54, 1.807) is 6.20 Å². The van der Waals surface area contributed by atoms with Gasteiger partial charge in [-0.25, -0.2) is 9.78 Å². The van der Waals surface area contributed by atoms with Crippen LogP contribution in [-0.2, 0) is 9.59 Å². The van der Waals surface area contributed by atoms with Crippen LogP contribution in [0.2, 0.25) is 0 Å². The molecule has 1 aromatic heterocycles. The molecule has 0 saturated heterocycles. The van der Waals surface area contributed by atoms with Gasteiger partial charge < -0.3 is 20.3 Å². The molecule has 1 aliphatic rings. The molecule has 0 unspecified atom stereocenters. The van der Waals surface area contributed by atoms with Gasteiger partial charge in [-0.1, -0.05) is 0 Å². The first kappa shape index (κ1) is 21.5. The number of hydrogen-bond acceptors (Lipinski definition) is 6. The molecular weight excluding hydrogens is 359 g/mol. The number of nitrogens with zero attached hydrogens (tertiary/aromatic N) is 2. The first-order valence-electron chi connectivity index (χ1n) is 7.80. The van der Waals surface area contributed by atoms with E-state index in [0.717, 1.165) is 12.0 Å². The lowest BCUT2D eigenvalue weighted by molar-refractivity contribution is -0.192. The SMILES string of the molecule is CCOc1nc(N[C@H]2CC[C@@H](C(=O)O)C2)ncc1C.O=C(O)C(F)(F)F. The van der Waals surface area contributed by atoms with Crippen LogP contribution in [0, 0.1) is 12.8 Å². The van der Waals surface area contributed by atoms with Crippen molar-refractivity contribution in [3.8, 4) is 5.88 Å². The normalized spacial score (nSPS) is 19.3. The smallest absolute Gasteiger partial charge is 0.481 e. The van der Waals surface area contributed by atoms with Crippen LogP contribution in [0.3, 0.4) is 0 Å². The lowest BCUT2D eigenvalue weighted by Crippen LogP contribution is -2.21. The maximum Gasteiger partial charge on any atom is 0.490 e. The molecule has 2 rings (SSSR count). The quantitative estimate of drug-likeness (QED) is 0.713. The summed E-state index contributed by atoms with van der Waals surface area (Å²) in [4.78, 5) is 28.3. The van der Waals surface area contributed by atoms with Crippen LogP contribution >= 0.6 is 0 Å². The van der Waals surface area contributed by atoms with Crippen molar-refractivity contribution in [3.05, 3.63) is 11.8 Å². The molecule has 1 saturated carbocycles. The van der Waals surface area contributed by atoms with Gasteiger partial charge in [-0.2, -0.15) is 18.2 Å². The van der Waals surface area contributed by atoms with Crippen LogP contribution in [0.4, 0.5) is 19.1 Å². The topological polar surface area (TPSA) is 122 Å². The van der Waals surface area contributed by atoms with E-state index in [1.807, 2.05) is 13.8 Å². The third-order valence-corrected chi connectivity index (χ3v) is 3.56. The van der Waals surface area contributed by atoms with Crippen molar-refractivity contribution in [3.63, 3.8) is 0 Å². The second-order valence-corrected chi connectivity index (χ2v) is 5.61. The number of aliphatic carboxylic acids is 2. The standard InChI is InChI=1S/C13H19N3O3.C2HF3O2/c1-3-19-11-8(2)7-14-13(16-11)15-10-5-4-9(6-10)12(17)18;3-2(4,5)1(6)7/h7,9-10H,3-6H2,1-2H3,(H,17,18)(H,14,15,16);(H,6,7)/t9-,10+;/m1./s1. The predicted octanol–water partition coefficient (Wildman–Crippen LogP) is 2.48. The van der Waals surface area contributed by atoms with Gasteiger partial charge >= 0.3 is 18.1 Å². The molecule has 26 heavy (non-hydrogen) atoms. The zero-order valence-corrected chi connectivity index (χ0v) is 14.2. The first-order chi connectivity index (χ1) is 12.0. The predicted molar refractivity (Wildman–Crippen MR) is 84.0 cm³/mol. The van der Waals surface area contributed by atoms with E-state index in [1.165, 1.54) is 0 Å². The highest BCUT2D eigenvalue weighted by Crippen LogP contribution is 2.28. The van der Waals surface area contributed by atoms with Crippen molar-refractivity contribution in [1.29, 1.82) is 0 Å². The number of hydrogen-bond donors (Lipinski definition) is 3. The summed E-state index contributed by atoms with van der Waals surface area (Å²) >= 11 is 0. The van der Waals surface area contributed by atoms with Crippen molar-refractivity contribution in [2.45, 2.75) is 45.3 Å². The molecule has 2 atom stereocenters. The van der Waals surface area contributed by atoms with E-state index in [4.69, 9.17) is 19.7 Å². The van der Waals surface area contributed by atoms with Crippen molar-refractivity contribution >= 4 is 17.9 Å². The van der Waals surface area contributed by atoms with Crippen LogP contribution in [0.1, 0.15) is 31.7 Å². The number of halogens is 3. The number of nitrogens with one attached hydrogen (secondary N) is 1. The fraction of sp³-hybridized carbons (Fsp3) is 0.600. The highest BCUT2D eigenvalue weighted by atomic mass is 19.4. The number of rotatable bonds is 5. The van der Waals surface area contributed by atoms with Gasteiger partial charge in [0.25, 0.3) is 0 Å². The summed E-state index contributed by atoms with van der Waals surface area (Å²) in [6.45, 7) is 4.36. The van der Waals surface area contributed by atoms with E-state index in [9.17, 15) is 18.0 Å². The highest BCUT2D eigenvalue weighted by molar-refractivity contribution is 5.73. The van der Waals surface area contributed by atoms with Gasteiger partial charge in [0.15, 0.2) is 0 Å². The van der Waals surface area contributed by atoms with Crippen LogP contribution in [0.25, 0.3) is 0 Å². The van der Waals surface area contributed by atoms with E-state index in [-0.39, 0.29) is 12.0 Å². The maximum absolute atomic E-state index is 10.9. The minimum absolute atomic E-state index is 0.123. The van der Waals surface area contributed by atoms with Gasteiger partial charge in [0.05, 0.1) is 12.5 Å². The van der Waals surface area contributed by atoms with Crippen LogP contribution in [0.5, 0.6) is 5.88 Å². The Morgan fingerprint density at radius 2 is 1.96 bits per heavy atom. The minimum atomic E-state index is -5.08. The molecule has 1 fully saturated rings. The number of carbonyl (C=O) groups is 2. The molecule has 0 spiro atoms. The Balaban J connectivity index is 0.000000412. The summed E-state index contributed by atoms with van der Waals surface area (Å²) in [5.41, 5.74) is 0.891.